The summed E-state index contributed by atoms with van der Waals surface area (Å²) in [6.07, 6.45) is 0. The van der Waals surface area contributed by atoms with Crippen molar-refractivity contribution in [2.75, 3.05) is 0 Å². The Hall–Kier alpha value is -5.98. The van der Waals surface area contributed by atoms with Gasteiger partial charge in [0.2, 0.25) is 0 Å². The molecule has 8 aromatic carbocycles. The molecule has 0 saturated carbocycles. The molecule has 0 aliphatic carbocycles. The molecule has 0 spiro atoms. The molecule has 46 heavy (non-hydrogen) atoms. The van der Waals surface area contributed by atoms with Crippen LogP contribution in [0.25, 0.3) is 77.5 Å². The highest BCUT2D eigenvalue weighted by Gasteiger charge is 2.27. The fourth-order valence-corrected chi connectivity index (χ4v) is 6.91. The van der Waals surface area contributed by atoms with Gasteiger partial charge >= 0.3 is 0 Å². The standard InChI is InChI=1S/C46H32/c1-7-19-33(20-8-1)39-31-32-40(34-21-9-2-10-22-34)46-44(38-29-17-6-18-30-38)42(36-25-13-4-14-26-36)41(35-23-11-3-12-24-35)43(45(39)46)37-27-15-5-16-28-37/h1-32H. The molecule has 216 valence electrons. The molecule has 0 N–H and O–H groups in total. The van der Waals surface area contributed by atoms with Crippen molar-refractivity contribution >= 4 is 10.8 Å². The summed E-state index contributed by atoms with van der Waals surface area (Å²) in [5, 5.41) is 2.52. The van der Waals surface area contributed by atoms with Crippen LogP contribution >= 0.6 is 0 Å². The van der Waals surface area contributed by atoms with E-state index < -0.39 is 0 Å². The normalized spacial score (nSPS) is 11.0. The van der Waals surface area contributed by atoms with Gasteiger partial charge in [-0.15, -0.1) is 0 Å². The van der Waals surface area contributed by atoms with Gasteiger partial charge in [0, 0.05) is 0 Å². The number of hydrogen-bond acceptors (Lipinski definition) is 0. The number of hydrogen-bond donors (Lipinski definition) is 0. The van der Waals surface area contributed by atoms with Crippen LogP contribution in [0, 0.1) is 0 Å². The molecular formula is C46H32. The summed E-state index contributed by atoms with van der Waals surface area (Å²) in [7, 11) is 0. The van der Waals surface area contributed by atoms with E-state index >= 15 is 0 Å². The highest BCUT2D eigenvalue weighted by Crippen LogP contribution is 2.54. The number of benzene rings is 8. The van der Waals surface area contributed by atoms with Gasteiger partial charge in [-0.1, -0.05) is 194 Å². The largest absolute Gasteiger partial charge is 0.0622 e. The lowest BCUT2D eigenvalue weighted by atomic mass is 9.75. The van der Waals surface area contributed by atoms with Crippen LogP contribution < -0.4 is 0 Å². The lowest BCUT2D eigenvalue weighted by Gasteiger charge is -2.27. The van der Waals surface area contributed by atoms with Gasteiger partial charge in [-0.05, 0) is 77.5 Å². The zero-order valence-corrected chi connectivity index (χ0v) is 25.5. The smallest absolute Gasteiger partial charge is 0.000763 e. The van der Waals surface area contributed by atoms with Crippen LogP contribution in [0.5, 0.6) is 0 Å². The molecule has 0 unspecified atom stereocenters. The van der Waals surface area contributed by atoms with Crippen molar-refractivity contribution in [3.8, 4) is 66.8 Å². The third-order valence-electron chi connectivity index (χ3n) is 8.87. The minimum Gasteiger partial charge on any atom is -0.0622 e. The van der Waals surface area contributed by atoms with Gasteiger partial charge in [0.05, 0.1) is 0 Å². The molecule has 0 aliphatic rings. The van der Waals surface area contributed by atoms with Gasteiger partial charge in [-0.2, -0.15) is 0 Å². The van der Waals surface area contributed by atoms with E-state index in [1.807, 2.05) is 0 Å². The number of fused-ring (bicyclic) bond motifs is 1. The predicted molar refractivity (Wildman–Crippen MR) is 197 cm³/mol. The van der Waals surface area contributed by atoms with Gasteiger partial charge in [-0.25, -0.2) is 0 Å². The maximum Gasteiger partial charge on any atom is -0.000763 e. The fraction of sp³-hybridized carbons (Fsp3) is 0. The molecule has 0 amide bonds. The van der Waals surface area contributed by atoms with E-state index in [9.17, 15) is 0 Å². The summed E-state index contributed by atoms with van der Waals surface area (Å²) in [6, 6.07) is 70.2. The third-order valence-corrected chi connectivity index (χ3v) is 8.87. The Bertz CT molecular complexity index is 2070. The average Bonchev–Trinajstić information content (AvgIpc) is 3.15. The molecule has 0 fully saturated rings. The van der Waals surface area contributed by atoms with Crippen LogP contribution in [0.3, 0.4) is 0 Å². The maximum atomic E-state index is 2.33. The second-order valence-electron chi connectivity index (χ2n) is 11.6. The zero-order valence-electron chi connectivity index (χ0n) is 25.5. The Labute approximate surface area is 270 Å². The molecule has 8 rings (SSSR count). The molecule has 0 atom stereocenters. The Morgan fingerprint density at radius 3 is 0.652 bits per heavy atom. The maximum absolute atomic E-state index is 2.33. The first kappa shape index (κ1) is 27.6. The van der Waals surface area contributed by atoms with Crippen molar-refractivity contribution in [2.24, 2.45) is 0 Å². The van der Waals surface area contributed by atoms with Gasteiger partial charge in [-0.3, -0.25) is 0 Å². The fourth-order valence-electron chi connectivity index (χ4n) is 6.91. The second-order valence-corrected chi connectivity index (χ2v) is 11.6. The first-order valence-corrected chi connectivity index (χ1v) is 15.9. The van der Waals surface area contributed by atoms with Gasteiger partial charge in [0.25, 0.3) is 0 Å². The van der Waals surface area contributed by atoms with Crippen molar-refractivity contribution in [2.45, 2.75) is 0 Å². The minimum absolute atomic E-state index is 1.20. The monoisotopic (exact) mass is 584 g/mol. The van der Waals surface area contributed by atoms with E-state index in [0.29, 0.717) is 0 Å². The second kappa shape index (κ2) is 12.2. The van der Waals surface area contributed by atoms with Crippen molar-refractivity contribution < 1.29 is 0 Å². The number of rotatable bonds is 6. The van der Waals surface area contributed by atoms with Gasteiger partial charge in [0.1, 0.15) is 0 Å². The molecule has 0 aliphatic heterocycles. The van der Waals surface area contributed by atoms with E-state index in [1.165, 1.54) is 77.5 Å². The Morgan fingerprint density at radius 2 is 0.391 bits per heavy atom. The minimum atomic E-state index is 1.20. The van der Waals surface area contributed by atoms with Crippen LogP contribution in [0.1, 0.15) is 0 Å². The lowest BCUT2D eigenvalue weighted by Crippen LogP contribution is -2.00. The summed E-state index contributed by atoms with van der Waals surface area (Å²) >= 11 is 0. The molecule has 0 saturated heterocycles. The first-order chi connectivity index (χ1) is 22.9. The summed E-state index contributed by atoms with van der Waals surface area (Å²) < 4.78 is 0. The molecule has 0 heteroatoms. The Balaban J connectivity index is 1.73. The highest BCUT2D eigenvalue weighted by molar-refractivity contribution is 6.25. The summed E-state index contributed by atoms with van der Waals surface area (Å²) in [6.45, 7) is 0. The summed E-state index contributed by atoms with van der Waals surface area (Å²) in [5.74, 6) is 0. The lowest BCUT2D eigenvalue weighted by molar-refractivity contribution is 1.56. The topological polar surface area (TPSA) is 0 Å². The van der Waals surface area contributed by atoms with Crippen molar-refractivity contribution in [1.82, 2.24) is 0 Å². The van der Waals surface area contributed by atoms with Gasteiger partial charge < -0.3 is 0 Å². The van der Waals surface area contributed by atoms with E-state index in [0.717, 1.165) is 0 Å². The molecule has 0 radical (unpaired) electrons. The Kier molecular flexibility index (Phi) is 7.30. The van der Waals surface area contributed by atoms with Crippen molar-refractivity contribution in [3.05, 3.63) is 194 Å². The Morgan fingerprint density at radius 1 is 0.174 bits per heavy atom. The summed E-state index contributed by atoms with van der Waals surface area (Å²) in [4.78, 5) is 0. The molecule has 0 nitrogen and oxygen atoms in total. The average molecular weight is 585 g/mol. The van der Waals surface area contributed by atoms with E-state index in [4.69, 9.17) is 0 Å². The quantitative estimate of drug-likeness (QED) is 0.182. The van der Waals surface area contributed by atoms with Crippen LogP contribution in [0.4, 0.5) is 0 Å². The van der Waals surface area contributed by atoms with Crippen molar-refractivity contribution in [1.29, 1.82) is 0 Å². The highest BCUT2D eigenvalue weighted by atomic mass is 14.3. The molecular weight excluding hydrogens is 553 g/mol. The van der Waals surface area contributed by atoms with Crippen LogP contribution in [0.15, 0.2) is 194 Å². The van der Waals surface area contributed by atoms with Crippen LogP contribution in [-0.4, -0.2) is 0 Å². The third kappa shape index (κ3) is 4.91. The van der Waals surface area contributed by atoms with Crippen LogP contribution in [-0.2, 0) is 0 Å². The SMILES string of the molecule is c1ccc(-c2c(-c3ccccc3)c(-c3ccccc3)c3c(-c4ccccc4)ccc(-c4ccccc4)c3c2-c2ccccc2)cc1. The molecule has 0 heterocycles. The van der Waals surface area contributed by atoms with Crippen LogP contribution in [0.2, 0.25) is 0 Å². The van der Waals surface area contributed by atoms with Gasteiger partial charge in [0.15, 0.2) is 0 Å². The molecule has 0 bridgehead atoms. The van der Waals surface area contributed by atoms with E-state index in [-0.39, 0.29) is 0 Å². The first-order valence-electron chi connectivity index (χ1n) is 15.9. The van der Waals surface area contributed by atoms with E-state index in [2.05, 4.69) is 194 Å². The molecule has 8 aromatic rings. The van der Waals surface area contributed by atoms with E-state index in [1.54, 1.807) is 0 Å². The predicted octanol–water partition coefficient (Wildman–Crippen LogP) is 12.8. The summed E-state index contributed by atoms with van der Waals surface area (Å²) in [5.41, 5.74) is 14.6. The zero-order chi connectivity index (χ0) is 30.7. The molecule has 0 aromatic heterocycles. The van der Waals surface area contributed by atoms with Crippen molar-refractivity contribution in [3.63, 3.8) is 0 Å².